The van der Waals surface area contributed by atoms with E-state index in [-0.39, 0.29) is 5.75 Å². The number of carbonyl (C=O) groups is 1. The van der Waals surface area contributed by atoms with Gasteiger partial charge in [0.05, 0.1) is 12.9 Å². The zero-order valence-electron chi connectivity index (χ0n) is 10.1. The van der Waals surface area contributed by atoms with Crippen molar-refractivity contribution >= 4 is 17.7 Å². The molecule has 0 saturated carbocycles. The average Bonchev–Trinajstić information content (AvgIpc) is 2.69. The minimum Gasteiger partial charge on any atom is -0.497 e. The van der Waals surface area contributed by atoms with Crippen LogP contribution in [0.4, 0.5) is 13.2 Å². The van der Waals surface area contributed by atoms with Crippen molar-refractivity contribution < 1.29 is 22.7 Å². The van der Waals surface area contributed by atoms with Crippen LogP contribution in [-0.2, 0) is 4.79 Å². The highest BCUT2D eigenvalue weighted by Crippen LogP contribution is 2.40. The van der Waals surface area contributed by atoms with Crippen molar-refractivity contribution in [1.82, 2.24) is 4.90 Å². The zero-order valence-corrected chi connectivity index (χ0v) is 10.9. The fraction of sp³-hybridized carbons (Fsp3) is 0.417. The highest BCUT2D eigenvalue weighted by Gasteiger charge is 2.40. The Morgan fingerprint density at radius 1 is 1.37 bits per heavy atom. The predicted octanol–water partition coefficient (Wildman–Crippen LogP) is 2.83. The van der Waals surface area contributed by atoms with E-state index in [4.69, 9.17) is 4.74 Å². The van der Waals surface area contributed by atoms with Gasteiger partial charge in [-0.2, -0.15) is 13.2 Å². The SMILES string of the molecule is COc1ccc(C2SCC(=O)N2CC(F)(F)F)cc1. The molecule has 0 bridgehead atoms. The van der Waals surface area contributed by atoms with Gasteiger partial charge in [-0.05, 0) is 17.7 Å². The van der Waals surface area contributed by atoms with Crippen LogP contribution in [0, 0.1) is 0 Å². The third-order valence-electron chi connectivity index (χ3n) is 2.72. The van der Waals surface area contributed by atoms with Crippen LogP contribution in [0.1, 0.15) is 10.9 Å². The van der Waals surface area contributed by atoms with Crippen molar-refractivity contribution in [2.24, 2.45) is 0 Å². The van der Waals surface area contributed by atoms with E-state index in [1.54, 1.807) is 24.3 Å². The second-order valence-corrected chi connectivity index (χ2v) is 5.14. The maximum Gasteiger partial charge on any atom is 0.406 e. The molecular formula is C12H12F3NO2S. The first kappa shape index (κ1) is 14.0. The fourth-order valence-electron chi connectivity index (χ4n) is 1.86. The molecule has 1 fully saturated rings. The number of halogens is 3. The molecule has 1 atom stereocenters. The molecule has 1 aliphatic rings. The van der Waals surface area contributed by atoms with E-state index in [1.165, 1.54) is 18.9 Å². The summed E-state index contributed by atoms with van der Waals surface area (Å²) in [4.78, 5) is 12.4. The van der Waals surface area contributed by atoms with E-state index in [2.05, 4.69) is 0 Å². The number of methoxy groups -OCH3 is 1. The lowest BCUT2D eigenvalue weighted by Gasteiger charge is -2.25. The molecule has 0 spiro atoms. The monoisotopic (exact) mass is 291 g/mol. The molecule has 104 valence electrons. The summed E-state index contributed by atoms with van der Waals surface area (Å²) in [7, 11) is 1.51. The van der Waals surface area contributed by atoms with Gasteiger partial charge in [-0.3, -0.25) is 4.79 Å². The number of ether oxygens (including phenoxy) is 1. The Kier molecular flexibility index (Phi) is 3.93. The normalized spacial score (nSPS) is 19.9. The number of alkyl halides is 3. The molecule has 0 radical (unpaired) electrons. The molecule has 0 N–H and O–H groups in total. The first-order valence-electron chi connectivity index (χ1n) is 5.52. The van der Waals surface area contributed by atoms with E-state index in [0.29, 0.717) is 11.3 Å². The fourth-order valence-corrected chi connectivity index (χ4v) is 3.05. The molecule has 1 aromatic rings. The quantitative estimate of drug-likeness (QED) is 0.857. The Morgan fingerprint density at radius 2 is 2.00 bits per heavy atom. The van der Waals surface area contributed by atoms with Crippen molar-refractivity contribution in [2.75, 3.05) is 19.4 Å². The molecule has 0 aliphatic carbocycles. The Hall–Kier alpha value is -1.37. The summed E-state index contributed by atoms with van der Waals surface area (Å²) in [6.07, 6.45) is -4.38. The number of amides is 1. The maximum atomic E-state index is 12.5. The topological polar surface area (TPSA) is 29.5 Å². The van der Waals surface area contributed by atoms with Crippen LogP contribution in [-0.4, -0.2) is 36.4 Å². The molecule has 1 aromatic carbocycles. The summed E-state index contributed by atoms with van der Waals surface area (Å²) in [6, 6.07) is 6.70. The summed E-state index contributed by atoms with van der Waals surface area (Å²) < 4.78 is 42.4. The van der Waals surface area contributed by atoms with Gasteiger partial charge in [0.15, 0.2) is 0 Å². The van der Waals surface area contributed by atoms with Crippen molar-refractivity contribution in [3.05, 3.63) is 29.8 Å². The van der Waals surface area contributed by atoms with Crippen LogP contribution in [0.25, 0.3) is 0 Å². The van der Waals surface area contributed by atoms with Crippen molar-refractivity contribution in [3.63, 3.8) is 0 Å². The molecule has 19 heavy (non-hydrogen) atoms. The van der Waals surface area contributed by atoms with E-state index >= 15 is 0 Å². The zero-order chi connectivity index (χ0) is 14.0. The third kappa shape index (κ3) is 3.34. The van der Waals surface area contributed by atoms with E-state index in [0.717, 1.165) is 4.90 Å². The molecular weight excluding hydrogens is 279 g/mol. The van der Waals surface area contributed by atoms with Crippen LogP contribution in [0.15, 0.2) is 24.3 Å². The van der Waals surface area contributed by atoms with E-state index in [1.807, 2.05) is 0 Å². The van der Waals surface area contributed by atoms with Crippen molar-refractivity contribution in [1.29, 1.82) is 0 Å². The van der Waals surface area contributed by atoms with Crippen LogP contribution >= 0.6 is 11.8 Å². The number of rotatable bonds is 3. The number of thioether (sulfide) groups is 1. The van der Waals surface area contributed by atoms with Crippen LogP contribution in [0.3, 0.4) is 0 Å². The number of hydrogen-bond acceptors (Lipinski definition) is 3. The highest BCUT2D eigenvalue weighted by atomic mass is 32.2. The summed E-state index contributed by atoms with van der Waals surface area (Å²) in [5, 5.41) is -0.583. The number of carbonyl (C=O) groups excluding carboxylic acids is 1. The predicted molar refractivity (Wildman–Crippen MR) is 66.0 cm³/mol. The maximum absolute atomic E-state index is 12.5. The largest absolute Gasteiger partial charge is 0.497 e. The van der Waals surface area contributed by atoms with E-state index < -0.39 is 24.0 Å². The van der Waals surface area contributed by atoms with Crippen molar-refractivity contribution in [3.8, 4) is 5.75 Å². The minimum absolute atomic E-state index is 0.0762. The summed E-state index contributed by atoms with van der Waals surface area (Å²) in [6.45, 7) is -1.21. The average molecular weight is 291 g/mol. The smallest absolute Gasteiger partial charge is 0.406 e. The standard InChI is InChI=1S/C12H12F3NO2S/c1-18-9-4-2-8(3-5-9)11-16(7-12(13,14)15)10(17)6-19-11/h2-5,11H,6-7H2,1H3. The molecule has 1 heterocycles. The van der Waals surface area contributed by atoms with Crippen LogP contribution in [0.2, 0.25) is 0 Å². The molecule has 2 rings (SSSR count). The molecule has 1 aliphatic heterocycles. The Balaban J connectivity index is 2.19. The second kappa shape index (κ2) is 5.32. The summed E-state index contributed by atoms with van der Waals surface area (Å²) in [5.41, 5.74) is 0.668. The summed E-state index contributed by atoms with van der Waals surface area (Å²) in [5.74, 6) is 0.218. The van der Waals surface area contributed by atoms with Gasteiger partial charge in [0.25, 0.3) is 0 Å². The van der Waals surface area contributed by atoms with Gasteiger partial charge in [0, 0.05) is 0 Å². The molecule has 1 unspecified atom stereocenters. The van der Waals surface area contributed by atoms with E-state index in [9.17, 15) is 18.0 Å². The molecule has 1 amide bonds. The Labute approximate surface area is 112 Å². The van der Waals surface area contributed by atoms with Gasteiger partial charge in [-0.1, -0.05) is 12.1 Å². The molecule has 7 heteroatoms. The van der Waals surface area contributed by atoms with Gasteiger partial charge < -0.3 is 9.64 Å². The van der Waals surface area contributed by atoms with Gasteiger partial charge in [-0.25, -0.2) is 0 Å². The highest BCUT2D eigenvalue weighted by molar-refractivity contribution is 8.00. The first-order chi connectivity index (χ1) is 8.90. The van der Waals surface area contributed by atoms with Crippen molar-refractivity contribution in [2.45, 2.75) is 11.6 Å². The van der Waals surface area contributed by atoms with Gasteiger partial charge >= 0.3 is 6.18 Å². The molecule has 0 aromatic heterocycles. The third-order valence-corrected chi connectivity index (χ3v) is 3.97. The summed E-state index contributed by atoms with van der Waals surface area (Å²) >= 11 is 1.20. The second-order valence-electron chi connectivity index (χ2n) is 4.07. The minimum atomic E-state index is -4.38. The van der Waals surface area contributed by atoms with Gasteiger partial charge in [-0.15, -0.1) is 11.8 Å². The Bertz CT molecular complexity index is 461. The first-order valence-corrected chi connectivity index (χ1v) is 6.57. The van der Waals surface area contributed by atoms with Crippen LogP contribution < -0.4 is 4.74 Å². The lowest BCUT2D eigenvalue weighted by molar-refractivity contribution is -0.159. The van der Waals surface area contributed by atoms with Crippen LogP contribution in [0.5, 0.6) is 5.75 Å². The van der Waals surface area contributed by atoms with Gasteiger partial charge in [0.2, 0.25) is 5.91 Å². The number of hydrogen-bond donors (Lipinski definition) is 0. The van der Waals surface area contributed by atoms with Gasteiger partial charge in [0.1, 0.15) is 17.7 Å². The lowest BCUT2D eigenvalue weighted by Crippen LogP contribution is -2.37. The molecule has 3 nitrogen and oxygen atoms in total. The number of nitrogens with zero attached hydrogens (tertiary/aromatic N) is 1. The number of benzene rings is 1. The Morgan fingerprint density at radius 3 is 2.53 bits per heavy atom. The molecule has 1 saturated heterocycles. The lowest BCUT2D eigenvalue weighted by atomic mass is 10.2.